The summed E-state index contributed by atoms with van der Waals surface area (Å²) in [5, 5.41) is 8.89. The number of carbonyl (C=O) groups excluding carboxylic acids is 1. The number of rotatable bonds is 17. The summed E-state index contributed by atoms with van der Waals surface area (Å²) in [6.07, 6.45) is 21.2. The van der Waals surface area contributed by atoms with Crippen molar-refractivity contribution in [3.05, 3.63) is 47.5 Å². The van der Waals surface area contributed by atoms with Gasteiger partial charge >= 0.3 is 5.97 Å². The van der Waals surface area contributed by atoms with Crippen molar-refractivity contribution in [3.8, 4) is 0 Å². The fourth-order valence-corrected chi connectivity index (χ4v) is 3.90. The van der Waals surface area contributed by atoms with Crippen molar-refractivity contribution in [3.63, 3.8) is 0 Å². The molecule has 0 aromatic heterocycles. The highest BCUT2D eigenvalue weighted by Gasteiger charge is 2.24. The van der Waals surface area contributed by atoms with Gasteiger partial charge in [-0.3, -0.25) is 0 Å². The second-order valence-electron chi connectivity index (χ2n) is 8.03. The van der Waals surface area contributed by atoms with Crippen LogP contribution in [0, 0.1) is 0 Å². The van der Waals surface area contributed by atoms with Gasteiger partial charge in [-0.05, 0) is 49.7 Å². The third-order valence-electron chi connectivity index (χ3n) is 5.69. The number of aryl methyl sites for hydroxylation is 1. The van der Waals surface area contributed by atoms with Gasteiger partial charge in [0.2, 0.25) is 0 Å². The highest BCUT2D eigenvalue weighted by molar-refractivity contribution is 5.78. The van der Waals surface area contributed by atoms with Gasteiger partial charge in [0, 0.05) is 0 Å². The van der Waals surface area contributed by atoms with Gasteiger partial charge in [-0.25, -0.2) is 4.79 Å². The number of carbonyl (C=O) groups is 1. The first-order valence-electron chi connectivity index (χ1n) is 11.8. The molecule has 0 saturated carbocycles. The van der Waals surface area contributed by atoms with Crippen molar-refractivity contribution in [1.29, 1.82) is 0 Å². The third-order valence-corrected chi connectivity index (χ3v) is 5.69. The van der Waals surface area contributed by atoms with Gasteiger partial charge in [0.15, 0.2) is 0 Å². The van der Waals surface area contributed by atoms with Gasteiger partial charge in [-0.1, -0.05) is 102 Å². The van der Waals surface area contributed by atoms with Gasteiger partial charge in [0.25, 0.3) is 0 Å². The van der Waals surface area contributed by atoms with Crippen LogP contribution in [-0.2, 0) is 16.1 Å². The summed E-state index contributed by atoms with van der Waals surface area (Å²) in [6, 6.07) is 7.97. The van der Waals surface area contributed by atoms with Gasteiger partial charge in [-0.2, -0.15) is 5.26 Å². The van der Waals surface area contributed by atoms with Crippen LogP contribution in [0.2, 0.25) is 0 Å². The van der Waals surface area contributed by atoms with Crippen LogP contribution in [-0.4, -0.2) is 11.2 Å². The second-order valence-corrected chi connectivity index (χ2v) is 8.03. The average molecular weight is 403 g/mol. The zero-order valence-corrected chi connectivity index (χ0v) is 18.7. The summed E-state index contributed by atoms with van der Waals surface area (Å²) < 4.78 is 0. The molecule has 0 radical (unpaired) electrons. The molecule has 0 heterocycles. The van der Waals surface area contributed by atoms with Crippen molar-refractivity contribution in [2.75, 3.05) is 0 Å². The Labute approximate surface area is 178 Å². The number of benzene rings is 1. The van der Waals surface area contributed by atoms with Gasteiger partial charge in [0.1, 0.15) is 0 Å². The number of hydrogen-bond donors (Lipinski definition) is 1. The Morgan fingerprint density at radius 2 is 1.48 bits per heavy atom. The highest BCUT2D eigenvalue weighted by Crippen LogP contribution is 2.27. The Balaban J connectivity index is 2.18. The second kappa shape index (κ2) is 17.3. The molecule has 1 atom stereocenters. The number of unbranched alkanes of at least 4 members (excludes halogenated alkanes) is 10. The molecule has 0 saturated heterocycles. The van der Waals surface area contributed by atoms with Crippen molar-refractivity contribution in [2.24, 2.45) is 0 Å². The molecule has 164 valence electrons. The fourth-order valence-electron chi connectivity index (χ4n) is 3.90. The molecular formula is C26H42O3. The topological polar surface area (TPSA) is 46.5 Å². The maximum absolute atomic E-state index is 12.1. The van der Waals surface area contributed by atoms with E-state index in [1.165, 1.54) is 57.8 Å². The lowest BCUT2D eigenvalue weighted by molar-refractivity contribution is -0.236. The Hall–Kier alpha value is -1.61. The van der Waals surface area contributed by atoms with E-state index in [9.17, 15) is 4.79 Å². The van der Waals surface area contributed by atoms with Crippen LogP contribution in [0.15, 0.2) is 36.4 Å². The van der Waals surface area contributed by atoms with Gasteiger partial charge in [-0.15, -0.1) is 0 Å². The molecule has 0 aliphatic rings. The minimum absolute atomic E-state index is 0.367. The molecule has 0 amide bonds. The molecule has 3 heteroatoms. The molecule has 1 unspecified atom stereocenters. The Morgan fingerprint density at radius 1 is 0.897 bits per heavy atom. The summed E-state index contributed by atoms with van der Waals surface area (Å²) in [6.45, 7) is 4.34. The first kappa shape index (κ1) is 25.4. The molecule has 3 nitrogen and oxygen atoms in total. The monoisotopic (exact) mass is 402 g/mol. The van der Waals surface area contributed by atoms with E-state index in [0.29, 0.717) is 0 Å². The summed E-state index contributed by atoms with van der Waals surface area (Å²) in [5.74, 6) is -0.906. The van der Waals surface area contributed by atoms with E-state index in [1.807, 2.05) is 24.3 Å². The standard InChI is InChI=1S/C26H42O3/c1-3-5-6-7-8-9-10-11-12-13-14-15-16-17-22-25(26(27)29-28)24-21-19-18-20-23(24)4-2/h11-12,18-21,25,28H,3-10,13-17,22H2,1-2H3/b12-11-. The summed E-state index contributed by atoms with van der Waals surface area (Å²) in [7, 11) is 0. The van der Waals surface area contributed by atoms with E-state index >= 15 is 0 Å². The van der Waals surface area contributed by atoms with Gasteiger partial charge < -0.3 is 4.89 Å². The molecule has 0 aliphatic heterocycles. The zero-order chi connectivity index (χ0) is 21.2. The highest BCUT2D eigenvalue weighted by atomic mass is 17.1. The minimum atomic E-state index is -0.538. The summed E-state index contributed by atoms with van der Waals surface area (Å²) in [4.78, 5) is 16.2. The van der Waals surface area contributed by atoms with Crippen LogP contribution in [0.5, 0.6) is 0 Å². The summed E-state index contributed by atoms with van der Waals surface area (Å²) in [5.41, 5.74) is 2.14. The third kappa shape index (κ3) is 11.2. The predicted octanol–water partition coefficient (Wildman–Crippen LogP) is 8.00. The molecule has 29 heavy (non-hydrogen) atoms. The normalized spacial score (nSPS) is 12.4. The SMILES string of the molecule is CCCCCCCC/C=C\CCCCCCC(C(=O)OO)c1ccccc1CC. The molecular weight excluding hydrogens is 360 g/mol. The summed E-state index contributed by atoms with van der Waals surface area (Å²) >= 11 is 0. The molecule has 1 aromatic carbocycles. The zero-order valence-electron chi connectivity index (χ0n) is 18.7. The minimum Gasteiger partial charge on any atom is -0.300 e. The molecule has 1 rings (SSSR count). The lowest BCUT2D eigenvalue weighted by atomic mass is 9.89. The Kier molecular flexibility index (Phi) is 15.1. The largest absolute Gasteiger partial charge is 0.349 e. The molecule has 0 bridgehead atoms. The van der Waals surface area contributed by atoms with Crippen LogP contribution >= 0.6 is 0 Å². The van der Waals surface area contributed by atoms with Crippen molar-refractivity contribution >= 4 is 5.97 Å². The van der Waals surface area contributed by atoms with Crippen molar-refractivity contribution in [2.45, 2.75) is 110 Å². The quantitative estimate of drug-likeness (QED) is 0.124. The first-order valence-corrected chi connectivity index (χ1v) is 11.8. The molecule has 0 spiro atoms. The Morgan fingerprint density at radius 3 is 2.10 bits per heavy atom. The van der Waals surface area contributed by atoms with E-state index < -0.39 is 5.97 Å². The van der Waals surface area contributed by atoms with Crippen LogP contribution in [0.25, 0.3) is 0 Å². The van der Waals surface area contributed by atoms with Crippen LogP contribution in [0.4, 0.5) is 0 Å². The Bertz CT molecular complexity index is 565. The number of hydrogen-bond acceptors (Lipinski definition) is 3. The number of allylic oxidation sites excluding steroid dienone is 2. The van der Waals surface area contributed by atoms with Gasteiger partial charge in [0.05, 0.1) is 5.92 Å². The van der Waals surface area contributed by atoms with E-state index in [4.69, 9.17) is 5.26 Å². The molecule has 0 fully saturated rings. The van der Waals surface area contributed by atoms with Crippen LogP contribution in [0.3, 0.4) is 0 Å². The average Bonchev–Trinajstić information content (AvgIpc) is 2.76. The lowest BCUT2D eigenvalue weighted by Gasteiger charge is -2.17. The van der Waals surface area contributed by atoms with Crippen molar-refractivity contribution in [1.82, 2.24) is 0 Å². The van der Waals surface area contributed by atoms with E-state index in [2.05, 4.69) is 30.9 Å². The maximum atomic E-state index is 12.1. The van der Waals surface area contributed by atoms with Crippen LogP contribution in [0.1, 0.15) is 114 Å². The fraction of sp³-hybridized carbons (Fsp3) is 0.654. The first-order chi connectivity index (χ1) is 14.2. The van der Waals surface area contributed by atoms with Crippen molar-refractivity contribution < 1.29 is 14.9 Å². The molecule has 0 aliphatic carbocycles. The lowest BCUT2D eigenvalue weighted by Crippen LogP contribution is -2.16. The van der Waals surface area contributed by atoms with E-state index in [0.717, 1.165) is 43.2 Å². The van der Waals surface area contributed by atoms with E-state index in [-0.39, 0.29) is 5.92 Å². The predicted molar refractivity (Wildman–Crippen MR) is 122 cm³/mol. The maximum Gasteiger partial charge on any atom is 0.349 e. The van der Waals surface area contributed by atoms with Crippen LogP contribution < -0.4 is 0 Å². The van der Waals surface area contributed by atoms with E-state index in [1.54, 1.807) is 0 Å². The molecule has 1 aromatic rings. The molecule has 1 N–H and O–H groups in total. The smallest absolute Gasteiger partial charge is 0.300 e.